The molecule has 0 aromatic rings. The molecule has 0 amide bonds. The minimum absolute atomic E-state index is 0.602. The van der Waals surface area contributed by atoms with E-state index in [1.807, 2.05) is 0 Å². The van der Waals surface area contributed by atoms with Gasteiger partial charge in [0.25, 0.3) is 0 Å². The fourth-order valence-electron chi connectivity index (χ4n) is 2.66. The molecule has 0 fully saturated rings. The lowest BCUT2D eigenvalue weighted by atomic mass is 9.76. The number of allylic oxidation sites excluding steroid dienone is 4. The van der Waals surface area contributed by atoms with E-state index in [0.29, 0.717) is 5.92 Å². The van der Waals surface area contributed by atoms with Gasteiger partial charge in [-0.25, -0.2) is 0 Å². The van der Waals surface area contributed by atoms with Gasteiger partial charge in [0, 0.05) is 5.92 Å². The minimum Gasteiger partial charge on any atom is -0.0619 e. The van der Waals surface area contributed by atoms with Crippen LogP contribution in [0.2, 0.25) is 0 Å². The highest BCUT2D eigenvalue weighted by Crippen LogP contribution is 2.43. The Bertz CT molecular complexity index is 280. The highest BCUT2D eigenvalue weighted by atomic mass is 14.3. The van der Waals surface area contributed by atoms with Crippen molar-refractivity contribution in [3.05, 3.63) is 22.8 Å². The summed E-state index contributed by atoms with van der Waals surface area (Å²) in [5, 5.41) is 0. The summed E-state index contributed by atoms with van der Waals surface area (Å²) in [4.78, 5) is 0. The predicted octanol–water partition coefficient (Wildman–Crippen LogP) is 3.75. The third-order valence-electron chi connectivity index (χ3n) is 3.84. The van der Waals surface area contributed by atoms with E-state index in [1.165, 1.54) is 18.4 Å². The molecule has 0 aliphatic heterocycles. The van der Waals surface area contributed by atoms with Crippen LogP contribution in [0, 0.1) is 23.8 Å². The second kappa shape index (κ2) is 3.01. The van der Waals surface area contributed by atoms with Crippen LogP contribution in [0.3, 0.4) is 0 Å². The second-order valence-electron chi connectivity index (χ2n) is 4.86. The normalized spacial score (nSPS) is 39.1. The predicted molar refractivity (Wildman–Crippen MR) is 56.2 cm³/mol. The van der Waals surface area contributed by atoms with Crippen LogP contribution in [-0.4, -0.2) is 0 Å². The van der Waals surface area contributed by atoms with Gasteiger partial charge in [-0.3, -0.25) is 0 Å². The third kappa shape index (κ3) is 1.37. The Morgan fingerprint density at radius 3 is 2.38 bits per heavy atom. The molecule has 2 aliphatic carbocycles. The molecule has 71 valence electrons. The Morgan fingerprint density at radius 1 is 1.08 bits per heavy atom. The summed E-state index contributed by atoms with van der Waals surface area (Å²) in [5.74, 6) is 2.33. The maximum atomic E-state index is 3.54. The molecule has 2 rings (SSSR count). The zero-order chi connectivity index (χ0) is 9.59. The van der Waals surface area contributed by atoms with Crippen molar-refractivity contribution in [2.24, 2.45) is 17.8 Å². The maximum absolute atomic E-state index is 3.54. The molecule has 0 heterocycles. The van der Waals surface area contributed by atoms with Crippen molar-refractivity contribution in [1.29, 1.82) is 0 Å². The van der Waals surface area contributed by atoms with E-state index in [1.54, 1.807) is 11.1 Å². The molecule has 1 radical (unpaired) electrons. The summed E-state index contributed by atoms with van der Waals surface area (Å²) >= 11 is 0. The molecular weight excluding hydrogens is 156 g/mol. The van der Waals surface area contributed by atoms with Gasteiger partial charge in [-0.2, -0.15) is 0 Å². The van der Waals surface area contributed by atoms with Gasteiger partial charge >= 0.3 is 0 Å². The molecule has 0 aromatic carbocycles. The zero-order valence-corrected chi connectivity index (χ0v) is 9.15. The van der Waals surface area contributed by atoms with Crippen LogP contribution in [0.25, 0.3) is 0 Å². The zero-order valence-electron chi connectivity index (χ0n) is 9.15. The summed E-state index contributed by atoms with van der Waals surface area (Å²) < 4.78 is 0. The molecule has 0 saturated heterocycles. The van der Waals surface area contributed by atoms with Crippen molar-refractivity contribution in [1.82, 2.24) is 0 Å². The highest BCUT2D eigenvalue weighted by molar-refractivity contribution is 5.42. The summed E-state index contributed by atoms with van der Waals surface area (Å²) in [7, 11) is 0. The lowest BCUT2D eigenvalue weighted by molar-refractivity contribution is 0.354. The van der Waals surface area contributed by atoms with Crippen molar-refractivity contribution >= 4 is 0 Å². The van der Waals surface area contributed by atoms with Gasteiger partial charge in [0.1, 0.15) is 0 Å². The maximum Gasteiger partial charge on any atom is 0.00316 e. The molecule has 13 heavy (non-hydrogen) atoms. The fraction of sp³-hybridized carbons (Fsp3) is 0.692. The first-order chi connectivity index (χ1) is 6.09. The van der Waals surface area contributed by atoms with Gasteiger partial charge in [-0.1, -0.05) is 26.3 Å². The summed E-state index contributed by atoms with van der Waals surface area (Å²) in [6, 6.07) is 0. The van der Waals surface area contributed by atoms with E-state index in [4.69, 9.17) is 0 Å². The van der Waals surface area contributed by atoms with Crippen LogP contribution >= 0.6 is 0 Å². The van der Waals surface area contributed by atoms with E-state index in [0.717, 1.165) is 11.8 Å². The van der Waals surface area contributed by atoms with Crippen LogP contribution < -0.4 is 0 Å². The van der Waals surface area contributed by atoms with E-state index < -0.39 is 0 Å². The molecule has 0 N–H and O–H groups in total. The second-order valence-corrected chi connectivity index (χ2v) is 4.86. The van der Waals surface area contributed by atoms with E-state index in [9.17, 15) is 0 Å². The standard InChI is InChI=1S/C13H19/c1-8-6-12-10(3)5-11(4)13(12)7-9(8)2/h8-10H,6-7H2,1-4H3. The van der Waals surface area contributed by atoms with Crippen molar-refractivity contribution in [3.63, 3.8) is 0 Å². The molecule has 3 unspecified atom stereocenters. The average molecular weight is 175 g/mol. The molecule has 2 aliphatic rings. The Balaban J connectivity index is 2.30. The lowest BCUT2D eigenvalue weighted by Crippen LogP contribution is -2.17. The van der Waals surface area contributed by atoms with E-state index in [-0.39, 0.29) is 0 Å². The minimum atomic E-state index is 0.602. The molecular formula is C13H19. The quantitative estimate of drug-likeness (QED) is 0.526. The van der Waals surface area contributed by atoms with Gasteiger partial charge in [-0.05, 0) is 48.8 Å². The number of rotatable bonds is 0. The van der Waals surface area contributed by atoms with Crippen molar-refractivity contribution < 1.29 is 0 Å². The van der Waals surface area contributed by atoms with Gasteiger partial charge in [0.15, 0.2) is 0 Å². The van der Waals surface area contributed by atoms with Crippen molar-refractivity contribution in [2.75, 3.05) is 0 Å². The van der Waals surface area contributed by atoms with Gasteiger partial charge < -0.3 is 0 Å². The summed E-state index contributed by atoms with van der Waals surface area (Å²) in [6.45, 7) is 9.27. The highest BCUT2D eigenvalue weighted by Gasteiger charge is 2.30. The SMILES string of the molecule is CC1=[C]C(C)C2=C1CC(C)C(C)C2. The third-order valence-corrected chi connectivity index (χ3v) is 3.84. The topological polar surface area (TPSA) is 0 Å². The Hall–Kier alpha value is -0.520. The summed E-state index contributed by atoms with van der Waals surface area (Å²) in [6.07, 6.45) is 6.14. The Morgan fingerprint density at radius 2 is 1.69 bits per heavy atom. The van der Waals surface area contributed by atoms with Crippen molar-refractivity contribution in [3.8, 4) is 0 Å². The smallest absolute Gasteiger partial charge is 0.00316 e. The molecule has 0 saturated carbocycles. The largest absolute Gasteiger partial charge is 0.0619 e. The van der Waals surface area contributed by atoms with Gasteiger partial charge in [0.05, 0.1) is 0 Å². The first-order valence-electron chi connectivity index (χ1n) is 5.42. The monoisotopic (exact) mass is 175 g/mol. The Kier molecular flexibility index (Phi) is 2.09. The first kappa shape index (κ1) is 9.05. The van der Waals surface area contributed by atoms with E-state index >= 15 is 0 Å². The molecule has 0 heteroatoms. The van der Waals surface area contributed by atoms with Crippen LogP contribution in [0.1, 0.15) is 40.5 Å². The molecule has 0 aromatic heterocycles. The fourth-order valence-corrected chi connectivity index (χ4v) is 2.66. The van der Waals surface area contributed by atoms with Crippen LogP contribution in [-0.2, 0) is 0 Å². The number of hydrogen-bond donors (Lipinski definition) is 0. The average Bonchev–Trinajstić information content (AvgIpc) is 2.31. The summed E-state index contributed by atoms with van der Waals surface area (Å²) in [5.41, 5.74) is 4.75. The lowest BCUT2D eigenvalue weighted by Gasteiger charge is -2.29. The molecule has 0 nitrogen and oxygen atoms in total. The van der Waals surface area contributed by atoms with Gasteiger partial charge in [0.2, 0.25) is 0 Å². The molecule has 3 atom stereocenters. The number of hydrogen-bond acceptors (Lipinski definition) is 0. The van der Waals surface area contributed by atoms with E-state index in [2.05, 4.69) is 33.8 Å². The molecule has 0 bridgehead atoms. The van der Waals surface area contributed by atoms with Crippen LogP contribution in [0.5, 0.6) is 0 Å². The van der Waals surface area contributed by atoms with Crippen LogP contribution in [0.4, 0.5) is 0 Å². The Labute approximate surface area is 81.7 Å². The molecule has 0 spiro atoms. The van der Waals surface area contributed by atoms with Crippen LogP contribution in [0.15, 0.2) is 16.7 Å². The first-order valence-corrected chi connectivity index (χ1v) is 5.42. The van der Waals surface area contributed by atoms with Gasteiger partial charge in [-0.15, -0.1) is 0 Å². The van der Waals surface area contributed by atoms with Crippen molar-refractivity contribution in [2.45, 2.75) is 40.5 Å².